The fourth-order valence-corrected chi connectivity index (χ4v) is 3.45. The third-order valence-corrected chi connectivity index (χ3v) is 4.55. The predicted molar refractivity (Wildman–Crippen MR) is 88.4 cm³/mol. The van der Waals surface area contributed by atoms with Crippen LogP contribution in [0.15, 0.2) is 24.3 Å². The molecule has 1 aliphatic rings. The van der Waals surface area contributed by atoms with Crippen molar-refractivity contribution < 1.29 is 0 Å². The molecule has 0 aliphatic carbocycles. The number of benzene rings is 1. The lowest BCUT2D eigenvalue weighted by atomic mass is 10.0. The van der Waals surface area contributed by atoms with Gasteiger partial charge in [-0.15, -0.1) is 0 Å². The number of rotatable bonds is 6. The monoisotopic (exact) mass is 274 g/mol. The van der Waals surface area contributed by atoms with Crippen molar-refractivity contribution in [3.8, 4) is 0 Å². The third-order valence-electron chi connectivity index (χ3n) is 4.55. The first-order chi connectivity index (χ1) is 9.67. The van der Waals surface area contributed by atoms with Crippen molar-refractivity contribution in [3.63, 3.8) is 0 Å². The Bertz CT molecular complexity index is 396. The van der Waals surface area contributed by atoms with E-state index in [4.69, 9.17) is 0 Å². The summed E-state index contributed by atoms with van der Waals surface area (Å²) in [7, 11) is 0. The summed E-state index contributed by atoms with van der Waals surface area (Å²) in [6.07, 6.45) is 3.82. The number of hydrogen-bond donors (Lipinski definition) is 1. The minimum atomic E-state index is 0.494. The molecule has 1 saturated heterocycles. The van der Waals surface area contributed by atoms with Gasteiger partial charge in [-0.1, -0.05) is 39.8 Å². The second-order valence-corrected chi connectivity index (χ2v) is 6.26. The molecule has 0 radical (unpaired) electrons. The lowest BCUT2D eigenvalue weighted by molar-refractivity contribution is 0.491. The van der Waals surface area contributed by atoms with Gasteiger partial charge < -0.3 is 10.2 Å². The Balaban J connectivity index is 2.11. The molecule has 0 spiro atoms. The summed E-state index contributed by atoms with van der Waals surface area (Å²) in [5, 5.41) is 3.55. The van der Waals surface area contributed by atoms with Crippen molar-refractivity contribution in [2.24, 2.45) is 5.92 Å². The molecule has 1 aromatic rings. The van der Waals surface area contributed by atoms with Gasteiger partial charge in [-0.2, -0.15) is 0 Å². The zero-order valence-corrected chi connectivity index (χ0v) is 13.5. The average Bonchev–Trinajstić information content (AvgIpc) is 2.94. The highest BCUT2D eigenvalue weighted by molar-refractivity contribution is 5.50. The van der Waals surface area contributed by atoms with Crippen molar-refractivity contribution >= 4 is 5.69 Å². The average molecular weight is 274 g/mol. The molecule has 2 unspecified atom stereocenters. The molecule has 0 amide bonds. The number of hydrogen-bond acceptors (Lipinski definition) is 2. The number of anilines is 1. The smallest absolute Gasteiger partial charge is 0.0369 e. The van der Waals surface area contributed by atoms with E-state index in [2.05, 4.69) is 62.2 Å². The van der Waals surface area contributed by atoms with Crippen LogP contribution < -0.4 is 10.2 Å². The maximum atomic E-state index is 3.55. The Morgan fingerprint density at radius 3 is 2.45 bits per heavy atom. The summed E-state index contributed by atoms with van der Waals surface area (Å²) < 4.78 is 0. The van der Waals surface area contributed by atoms with Gasteiger partial charge in [0, 0.05) is 24.3 Å². The highest BCUT2D eigenvalue weighted by Gasteiger charge is 2.27. The van der Waals surface area contributed by atoms with Crippen molar-refractivity contribution in [2.75, 3.05) is 18.0 Å². The van der Waals surface area contributed by atoms with E-state index in [1.807, 2.05) is 0 Å². The van der Waals surface area contributed by atoms with Gasteiger partial charge in [-0.25, -0.2) is 0 Å². The van der Waals surface area contributed by atoms with Crippen LogP contribution in [0.25, 0.3) is 0 Å². The molecule has 1 aromatic carbocycles. The summed E-state index contributed by atoms with van der Waals surface area (Å²) in [5.41, 5.74) is 2.81. The van der Waals surface area contributed by atoms with E-state index in [1.165, 1.54) is 30.6 Å². The molecule has 0 aromatic heterocycles. The number of nitrogens with zero attached hydrogens (tertiary/aromatic N) is 1. The molecular weight excluding hydrogens is 244 g/mol. The van der Waals surface area contributed by atoms with Crippen LogP contribution in [0.3, 0.4) is 0 Å². The molecule has 2 atom stereocenters. The van der Waals surface area contributed by atoms with Crippen LogP contribution in [0, 0.1) is 5.92 Å². The van der Waals surface area contributed by atoms with E-state index in [9.17, 15) is 0 Å². The van der Waals surface area contributed by atoms with Crippen LogP contribution >= 0.6 is 0 Å². The molecule has 20 heavy (non-hydrogen) atoms. The van der Waals surface area contributed by atoms with Gasteiger partial charge in [-0.3, -0.25) is 0 Å². The summed E-state index contributed by atoms with van der Waals surface area (Å²) in [6.45, 7) is 11.4. The lowest BCUT2D eigenvalue weighted by Crippen LogP contribution is -2.33. The van der Waals surface area contributed by atoms with E-state index < -0.39 is 0 Å². The Labute approximate surface area is 124 Å². The Kier molecular flexibility index (Phi) is 5.47. The fraction of sp³-hybridized carbons (Fsp3) is 0.667. The molecular formula is C18H30N2. The minimum absolute atomic E-state index is 0.494. The van der Waals surface area contributed by atoms with Gasteiger partial charge in [-0.05, 0) is 49.4 Å². The first kappa shape index (κ1) is 15.4. The zero-order valence-electron chi connectivity index (χ0n) is 13.5. The van der Waals surface area contributed by atoms with E-state index in [1.54, 1.807) is 0 Å². The van der Waals surface area contributed by atoms with Crippen LogP contribution in [0.4, 0.5) is 5.69 Å². The minimum Gasteiger partial charge on any atom is -0.368 e. The van der Waals surface area contributed by atoms with Crippen LogP contribution in [0.1, 0.15) is 58.6 Å². The summed E-state index contributed by atoms with van der Waals surface area (Å²) in [5.74, 6) is 0.738. The standard InChI is InChI=1S/C18H30N2/c1-5-17(19-6-2)15-9-11-16(12-10-15)20-13-7-8-18(20)14(3)4/h9-12,14,17-19H,5-8,13H2,1-4H3. The largest absolute Gasteiger partial charge is 0.368 e. The second-order valence-electron chi connectivity index (χ2n) is 6.26. The van der Waals surface area contributed by atoms with Crippen LogP contribution in [0.5, 0.6) is 0 Å². The predicted octanol–water partition coefficient (Wildman–Crippen LogP) is 4.37. The van der Waals surface area contributed by atoms with Crippen LogP contribution in [-0.4, -0.2) is 19.1 Å². The molecule has 1 fully saturated rings. The molecule has 1 N–H and O–H groups in total. The Morgan fingerprint density at radius 2 is 1.90 bits per heavy atom. The first-order valence-corrected chi connectivity index (χ1v) is 8.27. The lowest BCUT2D eigenvalue weighted by Gasteiger charge is -2.30. The molecule has 0 bridgehead atoms. The van der Waals surface area contributed by atoms with Crippen LogP contribution in [-0.2, 0) is 0 Å². The van der Waals surface area contributed by atoms with Crippen molar-refractivity contribution in [2.45, 2.75) is 59.0 Å². The van der Waals surface area contributed by atoms with E-state index in [0.29, 0.717) is 6.04 Å². The summed E-state index contributed by atoms with van der Waals surface area (Å²) in [6, 6.07) is 10.5. The normalized spacial score (nSPS) is 20.6. The Morgan fingerprint density at radius 1 is 1.20 bits per heavy atom. The quantitative estimate of drug-likeness (QED) is 0.828. The topological polar surface area (TPSA) is 15.3 Å². The molecule has 2 rings (SSSR count). The van der Waals surface area contributed by atoms with E-state index >= 15 is 0 Å². The first-order valence-electron chi connectivity index (χ1n) is 8.27. The molecule has 1 aliphatic heterocycles. The van der Waals surface area contributed by atoms with E-state index in [0.717, 1.165) is 24.9 Å². The SMILES string of the molecule is CCNC(CC)c1ccc(N2CCCC2C(C)C)cc1. The second kappa shape index (κ2) is 7.12. The van der Waals surface area contributed by atoms with Crippen LogP contribution in [0.2, 0.25) is 0 Å². The Hall–Kier alpha value is -1.02. The summed E-state index contributed by atoms with van der Waals surface area (Å²) in [4.78, 5) is 2.60. The van der Waals surface area contributed by atoms with Gasteiger partial charge in [0.1, 0.15) is 0 Å². The van der Waals surface area contributed by atoms with Gasteiger partial charge in [0.25, 0.3) is 0 Å². The molecule has 2 heteroatoms. The highest BCUT2D eigenvalue weighted by Crippen LogP contribution is 2.30. The highest BCUT2D eigenvalue weighted by atomic mass is 15.2. The van der Waals surface area contributed by atoms with Crippen molar-refractivity contribution in [3.05, 3.63) is 29.8 Å². The maximum Gasteiger partial charge on any atom is 0.0369 e. The van der Waals surface area contributed by atoms with Gasteiger partial charge >= 0.3 is 0 Å². The van der Waals surface area contributed by atoms with E-state index in [-0.39, 0.29) is 0 Å². The van der Waals surface area contributed by atoms with Gasteiger partial charge in [0.2, 0.25) is 0 Å². The third kappa shape index (κ3) is 3.35. The molecule has 0 saturated carbocycles. The maximum absolute atomic E-state index is 3.55. The summed E-state index contributed by atoms with van der Waals surface area (Å²) >= 11 is 0. The number of nitrogens with one attached hydrogen (secondary N) is 1. The molecule has 112 valence electrons. The molecule has 1 heterocycles. The van der Waals surface area contributed by atoms with Crippen molar-refractivity contribution in [1.82, 2.24) is 5.32 Å². The van der Waals surface area contributed by atoms with Gasteiger partial charge in [0.05, 0.1) is 0 Å². The molecule has 2 nitrogen and oxygen atoms in total. The van der Waals surface area contributed by atoms with Gasteiger partial charge in [0.15, 0.2) is 0 Å². The fourth-order valence-electron chi connectivity index (χ4n) is 3.45. The zero-order chi connectivity index (χ0) is 14.5. The van der Waals surface area contributed by atoms with Crippen molar-refractivity contribution in [1.29, 1.82) is 0 Å².